The van der Waals surface area contributed by atoms with Crippen LogP contribution in [-0.2, 0) is 4.79 Å². The summed E-state index contributed by atoms with van der Waals surface area (Å²) in [5.74, 6) is -1.67. The Morgan fingerprint density at radius 1 is 1.23 bits per heavy atom. The van der Waals surface area contributed by atoms with E-state index in [1.807, 2.05) is 0 Å². The first-order chi connectivity index (χ1) is 18.6. The second kappa shape index (κ2) is 11.6. The number of allylic oxidation sites excluding steroid dienone is 1. The van der Waals surface area contributed by atoms with Crippen LogP contribution in [0.15, 0.2) is 48.8 Å². The van der Waals surface area contributed by atoms with Crippen molar-refractivity contribution in [2.24, 2.45) is 0 Å². The number of amides is 2. The molecule has 8 nitrogen and oxygen atoms in total. The number of rotatable bonds is 9. The Kier molecular flexibility index (Phi) is 8.23. The Balaban J connectivity index is 1.60. The summed E-state index contributed by atoms with van der Waals surface area (Å²) in [4.78, 5) is 34.9. The van der Waals surface area contributed by atoms with E-state index in [-0.39, 0.29) is 47.1 Å². The minimum atomic E-state index is -0.698. The van der Waals surface area contributed by atoms with Gasteiger partial charge in [0.05, 0.1) is 11.6 Å². The number of hydrogen-bond acceptors (Lipinski definition) is 6. The van der Waals surface area contributed by atoms with Gasteiger partial charge in [0, 0.05) is 18.3 Å². The summed E-state index contributed by atoms with van der Waals surface area (Å²) in [6, 6.07) is 6.65. The maximum atomic E-state index is 14.8. The van der Waals surface area contributed by atoms with Crippen LogP contribution in [0.1, 0.15) is 54.1 Å². The van der Waals surface area contributed by atoms with Gasteiger partial charge in [-0.2, -0.15) is 0 Å². The third-order valence-electron chi connectivity index (χ3n) is 6.78. The summed E-state index contributed by atoms with van der Waals surface area (Å²) in [5, 5.41) is 2.62. The first-order valence-electron chi connectivity index (χ1n) is 12.6. The highest BCUT2D eigenvalue weighted by atomic mass is 19.1. The Morgan fingerprint density at radius 3 is 2.64 bits per heavy atom. The fourth-order valence-electron chi connectivity index (χ4n) is 4.15. The van der Waals surface area contributed by atoms with Gasteiger partial charge in [0.25, 0.3) is 5.91 Å². The average Bonchev–Trinajstić information content (AvgIpc) is 3.75. The highest BCUT2D eigenvalue weighted by Crippen LogP contribution is 2.40. The summed E-state index contributed by atoms with van der Waals surface area (Å²) in [7, 11) is 1.65. The number of nitrogens with one attached hydrogen (secondary N) is 1. The van der Waals surface area contributed by atoms with Crippen molar-refractivity contribution in [3.63, 3.8) is 0 Å². The zero-order valence-electron chi connectivity index (χ0n) is 22.3. The largest absolute Gasteiger partial charge is 0.485 e. The van der Waals surface area contributed by atoms with E-state index in [0.29, 0.717) is 17.0 Å². The predicted molar refractivity (Wildman–Crippen MR) is 145 cm³/mol. The Morgan fingerprint density at radius 2 is 1.97 bits per heavy atom. The van der Waals surface area contributed by atoms with E-state index in [9.17, 15) is 18.4 Å². The quantitative estimate of drug-likeness (QED) is 0.363. The molecule has 1 aromatic heterocycles. The SMILES string of the molecule is CC=CC(=O)N(C)[C@@H](C)COc1c(N)ncnc1-c1cc(F)cc(NC(=O)c2ccc(C3CC3)cc2F)c1C. The molecule has 4 rings (SSSR count). The predicted octanol–water partition coefficient (Wildman–Crippen LogP) is 5.24. The molecule has 39 heavy (non-hydrogen) atoms. The van der Waals surface area contributed by atoms with Crippen LogP contribution < -0.4 is 15.8 Å². The molecule has 0 bridgehead atoms. The molecule has 1 atom stereocenters. The Bertz CT molecular complexity index is 1440. The van der Waals surface area contributed by atoms with Crippen molar-refractivity contribution in [1.29, 1.82) is 0 Å². The van der Waals surface area contributed by atoms with Gasteiger partial charge in [-0.05, 0) is 81.0 Å². The second-order valence-electron chi connectivity index (χ2n) is 9.64. The summed E-state index contributed by atoms with van der Waals surface area (Å²) in [5.41, 5.74) is 7.97. The molecular weight excluding hydrogens is 504 g/mol. The first-order valence-corrected chi connectivity index (χ1v) is 12.6. The molecule has 1 aliphatic carbocycles. The minimum absolute atomic E-state index is 0.0294. The lowest BCUT2D eigenvalue weighted by molar-refractivity contribution is -0.127. The van der Waals surface area contributed by atoms with Gasteiger partial charge in [0.1, 0.15) is 30.3 Å². The third kappa shape index (κ3) is 6.22. The maximum absolute atomic E-state index is 14.8. The summed E-state index contributed by atoms with van der Waals surface area (Å²) in [6.45, 7) is 5.29. The van der Waals surface area contributed by atoms with Crippen LogP contribution in [0.2, 0.25) is 0 Å². The molecule has 204 valence electrons. The summed E-state index contributed by atoms with van der Waals surface area (Å²) < 4.78 is 35.4. The number of benzene rings is 2. The Labute approximate surface area is 225 Å². The lowest BCUT2D eigenvalue weighted by atomic mass is 10.0. The molecule has 1 fully saturated rings. The molecule has 2 aromatic carbocycles. The van der Waals surface area contributed by atoms with Gasteiger partial charge < -0.3 is 20.7 Å². The second-order valence-corrected chi connectivity index (χ2v) is 9.64. The lowest BCUT2D eigenvalue weighted by Crippen LogP contribution is -2.38. The van der Waals surface area contributed by atoms with Gasteiger partial charge in [0.2, 0.25) is 5.91 Å². The molecule has 3 aromatic rings. The number of halogens is 2. The third-order valence-corrected chi connectivity index (χ3v) is 6.78. The van der Waals surface area contributed by atoms with Gasteiger partial charge in [-0.15, -0.1) is 0 Å². The Hall–Kier alpha value is -4.34. The average molecular weight is 536 g/mol. The molecule has 1 heterocycles. The highest BCUT2D eigenvalue weighted by Gasteiger charge is 2.26. The number of ether oxygens (including phenoxy) is 1. The van der Waals surface area contributed by atoms with Crippen LogP contribution in [0.4, 0.5) is 20.3 Å². The number of nitrogen functional groups attached to an aromatic ring is 1. The number of nitrogens with zero attached hydrogens (tertiary/aromatic N) is 3. The van der Waals surface area contributed by atoms with Crippen LogP contribution in [0.5, 0.6) is 5.75 Å². The smallest absolute Gasteiger partial charge is 0.258 e. The van der Waals surface area contributed by atoms with Crippen LogP contribution in [-0.4, -0.2) is 46.4 Å². The van der Waals surface area contributed by atoms with Gasteiger partial charge in [-0.1, -0.05) is 12.1 Å². The topological polar surface area (TPSA) is 110 Å². The number of aromatic nitrogens is 2. The number of anilines is 2. The summed E-state index contributed by atoms with van der Waals surface area (Å²) >= 11 is 0. The van der Waals surface area contributed by atoms with E-state index < -0.39 is 17.5 Å². The van der Waals surface area contributed by atoms with Crippen molar-refractivity contribution in [1.82, 2.24) is 14.9 Å². The molecule has 1 aliphatic rings. The minimum Gasteiger partial charge on any atom is -0.485 e. The van der Waals surface area contributed by atoms with E-state index in [0.717, 1.165) is 24.5 Å². The normalized spacial score (nSPS) is 13.8. The monoisotopic (exact) mass is 535 g/mol. The molecule has 0 aliphatic heterocycles. The van der Waals surface area contributed by atoms with Crippen molar-refractivity contribution in [3.8, 4) is 17.0 Å². The van der Waals surface area contributed by atoms with Gasteiger partial charge in [0.15, 0.2) is 11.6 Å². The molecule has 10 heteroatoms. The highest BCUT2D eigenvalue weighted by molar-refractivity contribution is 6.05. The first kappa shape index (κ1) is 27.7. The number of carbonyl (C=O) groups excluding carboxylic acids is 2. The fourth-order valence-corrected chi connectivity index (χ4v) is 4.15. The molecule has 0 unspecified atom stereocenters. The van der Waals surface area contributed by atoms with E-state index in [2.05, 4.69) is 15.3 Å². The number of nitrogens with two attached hydrogens (primary N) is 1. The van der Waals surface area contributed by atoms with Gasteiger partial charge in [-0.3, -0.25) is 9.59 Å². The van der Waals surface area contributed by atoms with Crippen molar-refractivity contribution in [3.05, 3.63) is 77.1 Å². The van der Waals surface area contributed by atoms with Gasteiger partial charge >= 0.3 is 0 Å². The van der Waals surface area contributed by atoms with E-state index >= 15 is 0 Å². The summed E-state index contributed by atoms with van der Waals surface area (Å²) in [6.07, 6.45) is 6.34. The molecule has 0 spiro atoms. The lowest BCUT2D eigenvalue weighted by Gasteiger charge is -2.24. The van der Waals surface area contributed by atoms with Crippen molar-refractivity contribution >= 4 is 23.3 Å². The van der Waals surface area contributed by atoms with Crippen LogP contribution in [0.25, 0.3) is 11.3 Å². The van der Waals surface area contributed by atoms with E-state index in [4.69, 9.17) is 10.5 Å². The number of carbonyl (C=O) groups is 2. The molecule has 0 saturated heterocycles. The molecule has 0 radical (unpaired) electrons. The maximum Gasteiger partial charge on any atom is 0.258 e. The zero-order chi connectivity index (χ0) is 28.3. The fraction of sp³-hybridized carbons (Fsp3) is 0.310. The van der Waals surface area contributed by atoms with Crippen molar-refractivity contribution in [2.75, 3.05) is 24.7 Å². The zero-order valence-corrected chi connectivity index (χ0v) is 22.3. The number of hydrogen-bond donors (Lipinski definition) is 2. The van der Waals surface area contributed by atoms with Crippen LogP contribution in [0.3, 0.4) is 0 Å². The molecular formula is C29H31F2N5O3. The van der Waals surface area contributed by atoms with Crippen LogP contribution in [0, 0.1) is 18.6 Å². The van der Waals surface area contributed by atoms with E-state index in [1.54, 1.807) is 40.0 Å². The van der Waals surface area contributed by atoms with Crippen molar-refractivity contribution < 1.29 is 23.1 Å². The van der Waals surface area contributed by atoms with E-state index in [1.165, 1.54) is 35.5 Å². The number of likely N-dealkylation sites (N-methyl/N-ethyl adjacent to an activating group) is 1. The molecule has 1 saturated carbocycles. The standard InChI is InChI=1S/C29H31F2N5O3/c1-5-6-25(37)36(4)16(2)14-39-27-26(33-15-34-28(27)32)22-12-20(30)13-24(17(22)3)35-29(38)21-10-9-19(11-23(21)31)18-7-8-18/h5-6,9-13,15-16,18H,7-8,14H2,1-4H3,(H,35,38)(H2,32,33,34)/t16-/m0/s1. The van der Waals surface area contributed by atoms with Gasteiger partial charge in [-0.25, -0.2) is 18.7 Å². The van der Waals surface area contributed by atoms with Crippen LogP contribution >= 0.6 is 0 Å². The van der Waals surface area contributed by atoms with Crippen molar-refractivity contribution in [2.45, 2.75) is 45.6 Å². The molecule has 3 N–H and O–H groups in total. The molecule has 2 amide bonds.